The van der Waals surface area contributed by atoms with Crippen molar-refractivity contribution in [3.05, 3.63) is 30.0 Å². The molecular weight excluding hydrogens is 376 g/mol. The Kier molecular flexibility index (Phi) is 6.43. The van der Waals surface area contributed by atoms with Gasteiger partial charge in [0.25, 0.3) is 5.91 Å². The number of benzene rings is 1. The lowest BCUT2D eigenvalue weighted by Gasteiger charge is -2.26. The predicted molar refractivity (Wildman–Crippen MR) is 106 cm³/mol. The molecule has 1 N–H and O–H groups in total. The van der Waals surface area contributed by atoms with E-state index in [2.05, 4.69) is 5.32 Å². The molecule has 0 aliphatic carbocycles. The predicted octanol–water partition coefficient (Wildman–Crippen LogP) is 2.43. The van der Waals surface area contributed by atoms with E-state index in [9.17, 15) is 9.59 Å². The van der Waals surface area contributed by atoms with Gasteiger partial charge in [-0.05, 0) is 25.0 Å². The van der Waals surface area contributed by atoms with Crippen molar-refractivity contribution in [3.8, 4) is 0 Å². The maximum atomic E-state index is 13.0. The summed E-state index contributed by atoms with van der Waals surface area (Å²) in [6.07, 6.45) is 2.38. The van der Waals surface area contributed by atoms with Gasteiger partial charge in [0, 0.05) is 25.1 Å². The van der Waals surface area contributed by atoms with Gasteiger partial charge >= 0.3 is 0 Å². The zero-order valence-electron chi connectivity index (χ0n) is 16.4. The van der Waals surface area contributed by atoms with E-state index in [1.54, 1.807) is 11.0 Å². The van der Waals surface area contributed by atoms with Crippen molar-refractivity contribution in [1.82, 2.24) is 4.90 Å². The number of amides is 2. The molecule has 0 bridgehead atoms. The second-order valence-electron chi connectivity index (χ2n) is 7.22. The molecular formula is C21H26N2O6. The fourth-order valence-corrected chi connectivity index (χ4v) is 3.59. The molecule has 4 rings (SSSR count). The molecule has 0 spiro atoms. The van der Waals surface area contributed by atoms with Crippen LogP contribution in [-0.4, -0.2) is 68.9 Å². The van der Waals surface area contributed by atoms with Crippen LogP contribution in [0.4, 0.5) is 5.69 Å². The topological polar surface area (TPSA) is 90.2 Å². The van der Waals surface area contributed by atoms with Gasteiger partial charge in [0.1, 0.15) is 11.3 Å². The van der Waals surface area contributed by atoms with Crippen molar-refractivity contribution < 1.29 is 28.2 Å². The largest absolute Gasteiger partial charge is 0.449 e. The molecule has 156 valence electrons. The second kappa shape index (κ2) is 9.39. The number of ether oxygens (including phenoxy) is 3. The number of carbonyl (C=O) groups excluding carboxylic acids is 2. The summed E-state index contributed by atoms with van der Waals surface area (Å²) in [6.45, 7) is 3.57. The van der Waals surface area contributed by atoms with E-state index in [0.29, 0.717) is 56.2 Å². The lowest BCUT2D eigenvalue weighted by molar-refractivity contribution is -0.117. The third-order valence-electron chi connectivity index (χ3n) is 5.15. The monoisotopic (exact) mass is 402 g/mol. The first kappa shape index (κ1) is 19.9. The number of para-hydroxylation sites is 1. The highest BCUT2D eigenvalue weighted by atomic mass is 16.5. The van der Waals surface area contributed by atoms with E-state index in [1.807, 2.05) is 18.2 Å². The molecule has 0 saturated carbocycles. The van der Waals surface area contributed by atoms with Gasteiger partial charge < -0.3 is 28.8 Å². The fourth-order valence-electron chi connectivity index (χ4n) is 3.59. The van der Waals surface area contributed by atoms with E-state index in [-0.39, 0.29) is 30.1 Å². The highest BCUT2D eigenvalue weighted by Crippen LogP contribution is 2.32. The van der Waals surface area contributed by atoms with Crippen LogP contribution in [0, 0.1) is 0 Å². The van der Waals surface area contributed by atoms with Crippen molar-refractivity contribution in [3.63, 3.8) is 0 Å². The molecule has 29 heavy (non-hydrogen) atoms. The maximum Gasteiger partial charge on any atom is 0.291 e. The number of carbonyl (C=O) groups is 2. The molecule has 2 amide bonds. The lowest BCUT2D eigenvalue weighted by Crippen LogP contribution is -2.40. The van der Waals surface area contributed by atoms with Crippen LogP contribution in [0.3, 0.4) is 0 Å². The number of rotatable bonds is 7. The van der Waals surface area contributed by atoms with Crippen molar-refractivity contribution >= 4 is 28.5 Å². The van der Waals surface area contributed by atoms with Gasteiger partial charge in [-0.1, -0.05) is 12.1 Å². The summed E-state index contributed by atoms with van der Waals surface area (Å²) in [5.41, 5.74) is 0.982. The van der Waals surface area contributed by atoms with Crippen LogP contribution < -0.4 is 5.32 Å². The number of nitrogens with one attached hydrogen (secondary N) is 1. The number of nitrogens with zero attached hydrogens (tertiary/aromatic N) is 1. The average Bonchev–Trinajstić information content (AvgIpc) is 3.40. The van der Waals surface area contributed by atoms with E-state index in [4.69, 9.17) is 18.6 Å². The molecule has 2 saturated heterocycles. The van der Waals surface area contributed by atoms with Crippen LogP contribution in [0.25, 0.3) is 11.0 Å². The van der Waals surface area contributed by atoms with Crippen LogP contribution in [0.15, 0.2) is 28.7 Å². The minimum Gasteiger partial charge on any atom is -0.449 e. The highest BCUT2D eigenvalue weighted by molar-refractivity contribution is 6.10. The molecule has 8 nitrogen and oxygen atoms in total. The quantitative estimate of drug-likeness (QED) is 0.716. The number of fused-ring (bicyclic) bond motifs is 1. The van der Waals surface area contributed by atoms with Gasteiger partial charge in [-0.15, -0.1) is 0 Å². The molecule has 0 radical (unpaired) electrons. The summed E-state index contributed by atoms with van der Waals surface area (Å²) < 4.78 is 22.2. The van der Waals surface area contributed by atoms with Crippen molar-refractivity contribution in [2.75, 3.05) is 51.4 Å². The third-order valence-corrected chi connectivity index (χ3v) is 5.15. The van der Waals surface area contributed by atoms with Gasteiger partial charge in [0.2, 0.25) is 11.7 Å². The third kappa shape index (κ3) is 4.77. The molecule has 1 unspecified atom stereocenters. The van der Waals surface area contributed by atoms with E-state index in [0.717, 1.165) is 19.4 Å². The van der Waals surface area contributed by atoms with Crippen LogP contribution in [0.1, 0.15) is 29.8 Å². The first-order chi connectivity index (χ1) is 14.2. The normalized spacial score (nSPS) is 19.6. The summed E-state index contributed by atoms with van der Waals surface area (Å²) in [5.74, 6) is -0.309. The minimum absolute atomic E-state index is 0.133. The Morgan fingerprint density at radius 3 is 2.79 bits per heavy atom. The molecule has 1 aromatic heterocycles. The van der Waals surface area contributed by atoms with Gasteiger partial charge in [-0.2, -0.15) is 0 Å². The van der Waals surface area contributed by atoms with Crippen LogP contribution in [0.5, 0.6) is 0 Å². The molecule has 2 aliphatic rings. The van der Waals surface area contributed by atoms with Gasteiger partial charge in [0.05, 0.1) is 39.0 Å². The van der Waals surface area contributed by atoms with Crippen molar-refractivity contribution in [2.24, 2.45) is 0 Å². The summed E-state index contributed by atoms with van der Waals surface area (Å²) in [4.78, 5) is 27.1. The molecule has 2 aliphatic heterocycles. The summed E-state index contributed by atoms with van der Waals surface area (Å²) in [5, 5.41) is 3.57. The van der Waals surface area contributed by atoms with Gasteiger partial charge in [0.15, 0.2) is 0 Å². The Balaban J connectivity index is 1.42. The SMILES string of the molecule is O=C(CCOCC1CCCO1)Nc1c(C(=O)N2CCOCC2)oc2ccccc12. The van der Waals surface area contributed by atoms with Crippen LogP contribution in [-0.2, 0) is 19.0 Å². The first-order valence-corrected chi connectivity index (χ1v) is 10.1. The Labute approximate surface area is 169 Å². The Morgan fingerprint density at radius 1 is 1.17 bits per heavy atom. The number of hydrogen-bond acceptors (Lipinski definition) is 6. The molecule has 2 fully saturated rings. The molecule has 3 heterocycles. The average molecular weight is 402 g/mol. The summed E-state index contributed by atoms with van der Waals surface area (Å²) in [6, 6.07) is 7.30. The lowest BCUT2D eigenvalue weighted by atomic mass is 10.2. The molecule has 1 atom stereocenters. The number of anilines is 1. The number of hydrogen-bond donors (Lipinski definition) is 1. The zero-order valence-corrected chi connectivity index (χ0v) is 16.4. The highest BCUT2D eigenvalue weighted by Gasteiger charge is 2.27. The van der Waals surface area contributed by atoms with Crippen LogP contribution >= 0.6 is 0 Å². The second-order valence-corrected chi connectivity index (χ2v) is 7.22. The fraction of sp³-hybridized carbons (Fsp3) is 0.524. The van der Waals surface area contributed by atoms with Gasteiger partial charge in [-0.3, -0.25) is 9.59 Å². The van der Waals surface area contributed by atoms with Gasteiger partial charge in [-0.25, -0.2) is 0 Å². The molecule has 1 aromatic carbocycles. The smallest absolute Gasteiger partial charge is 0.291 e. The molecule has 2 aromatic rings. The van der Waals surface area contributed by atoms with Crippen molar-refractivity contribution in [1.29, 1.82) is 0 Å². The first-order valence-electron chi connectivity index (χ1n) is 10.1. The standard InChI is InChI=1S/C21H26N2O6/c24-18(7-11-27-14-15-4-3-10-28-15)22-19-16-5-1-2-6-17(16)29-20(19)21(25)23-8-12-26-13-9-23/h1-2,5-6,15H,3-4,7-14H2,(H,22,24). The van der Waals surface area contributed by atoms with E-state index < -0.39 is 0 Å². The minimum atomic E-state index is -0.241. The zero-order chi connectivity index (χ0) is 20.1. The Hall–Kier alpha value is -2.42. The van der Waals surface area contributed by atoms with Crippen LogP contribution in [0.2, 0.25) is 0 Å². The van der Waals surface area contributed by atoms with E-state index >= 15 is 0 Å². The van der Waals surface area contributed by atoms with Crippen molar-refractivity contribution in [2.45, 2.75) is 25.4 Å². The summed E-state index contributed by atoms with van der Waals surface area (Å²) in [7, 11) is 0. The summed E-state index contributed by atoms with van der Waals surface area (Å²) >= 11 is 0. The maximum absolute atomic E-state index is 13.0. The Bertz CT molecular complexity index is 852. The number of morpholine rings is 1. The van der Waals surface area contributed by atoms with E-state index in [1.165, 1.54) is 0 Å². The molecule has 8 heteroatoms. The number of furan rings is 1. The Morgan fingerprint density at radius 2 is 2.00 bits per heavy atom.